The lowest BCUT2D eigenvalue weighted by atomic mass is 9.50. The first-order valence-electron chi connectivity index (χ1n) is 8.28. The summed E-state index contributed by atoms with van der Waals surface area (Å²) in [6.45, 7) is 1.06. The van der Waals surface area contributed by atoms with Gasteiger partial charge < -0.3 is 5.32 Å². The highest BCUT2D eigenvalue weighted by Gasteiger charge is 2.27. The summed E-state index contributed by atoms with van der Waals surface area (Å²) in [4.78, 5) is 16.1. The second-order valence-corrected chi connectivity index (χ2v) is 7.35. The van der Waals surface area contributed by atoms with E-state index in [9.17, 15) is 4.79 Å². The monoisotopic (exact) mass is 349 g/mol. The van der Waals surface area contributed by atoms with Gasteiger partial charge in [0, 0.05) is 18.1 Å². The van der Waals surface area contributed by atoms with Crippen LogP contribution < -0.4 is 5.32 Å². The summed E-state index contributed by atoms with van der Waals surface area (Å²) in [5.41, 5.74) is 3.57. The number of thiophene rings is 1. The summed E-state index contributed by atoms with van der Waals surface area (Å²) in [6.07, 6.45) is 9.45. The predicted octanol–water partition coefficient (Wildman–Crippen LogP) is 3.26. The fourth-order valence-electron chi connectivity index (χ4n) is 3.37. The van der Waals surface area contributed by atoms with Crippen LogP contribution in [0.3, 0.4) is 0 Å². The van der Waals surface area contributed by atoms with Crippen molar-refractivity contribution in [3.05, 3.63) is 34.9 Å². The number of rotatable bonds is 5. The molecule has 0 saturated carbocycles. The summed E-state index contributed by atoms with van der Waals surface area (Å²) >= 11 is 1.42. The Labute approximate surface area is 149 Å². The molecule has 4 heterocycles. The number of fused-ring (bicyclic) bond motifs is 1. The number of hydrogen-bond donors (Lipinski definition) is 1. The highest BCUT2D eigenvalue weighted by molar-refractivity contribution is 7.12. The van der Waals surface area contributed by atoms with Gasteiger partial charge in [-0.15, -0.1) is 11.3 Å². The van der Waals surface area contributed by atoms with Gasteiger partial charge in [-0.05, 0) is 22.9 Å². The fraction of sp³-hybridized carbons (Fsp3) is 0.294. The molecule has 1 fully saturated rings. The second-order valence-electron chi connectivity index (χ2n) is 6.41. The number of nitrogens with one attached hydrogen (secondary N) is 1. The molecule has 0 aliphatic carbocycles. The number of hydrogen-bond acceptors (Lipinski definition) is 6. The van der Waals surface area contributed by atoms with E-state index in [1.54, 1.807) is 10.7 Å². The molecule has 0 amide bonds. The first kappa shape index (κ1) is 15.8. The molecule has 124 valence electrons. The summed E-state index contributed by atoms with van der Waals surface area (Å²) in [6, 6.07) is 1.86. The lowest BCUT2D eigenvalue weighted by Gasteiger charge is -2.11. The number of anilines is 1. The molecule has 1 atom stereocenters. The summed E-state index contributed by atoms with van der Waals surface area (Å²) in [5, 5.41) is 18.7. The zero-order valence-electron chi connectivity index (χ0n) is 13.6. The average molecular weight is 349 g/mol. The molecule has 0 radical (unpaired) electrons. The molecule has 8 heteroatoms. The van der Waals surface area contributed by atoms with Gasteiger partial charge >= 0.3 is 0 Å². The van der Waals surface area contributed by atoms with Crippen LogP contribution in [0.4, 0.5) is 5.69 Å². The largest absolute Gasteiger partial charge is 0.382 e. The van der Waals surface area contributed by atoms with Crippen molar-refractivity contribution in [3.63, 3.8) is 0 Å². The van der Waals surface area contributed by atoms with Crippen molar-refractivity contribution in [2.75, 3.05) is 11.9 Å². The van der Waals surface area contributed by atoms with Crippen LogP contribution in [-0.2, 0) is 0 Å². The van der Waals surface area contributed by atoms with E-state index in [4.69, 9.17) is 5.26 Å². The topological polar surface area (TPSA) is 83.1 Å². The number of aromatic nitrogens is 3. The van der Waals surface area contributed by atoms with E-state index >= 15 is 0 Å². The number of carbonyl (C=O) groups is 1. The molecule has 1 saturated heterocycles. The van der Waals surface area contributed by atoms with E-state index in [1.807, 2.05) is 23.8 Å². The molecule has 4 rings (SSSR count). The van der Waals surface area contributed by atoms with Crippen LogP contribution >= 0.6 is 11.3 Å². The van der Waals surface area contributed by atoms with Gasteiger partial charge in [-0.3, -0.25) is 4.79 Å². The van der Waals surface area contributed by atoms with Crippen molar-refractivity contribution in [1.82, 2.24) is 14.6 Å². The highest BCUT2D eigenvalue weighted by atomic mass is 32.1. The van der Waals surface area contributed by atoms with Crippen LogP contribution in [0.5, 0.6) is 0 Å². The van der Waals surface area contributed by atoms with Crippen molar-refractivity contribution in [1.29, 1.82) is 5.26 Å². The quantitative estimate of drug-likeness (QED) is 0.565. The Kier molecular flexibility index (Phi) is 4.24. The lowest BCUT2D eigenvalue weighted by molar-refractivity contribution is 0.112. The molecule has 1 N–H and O–H groups in total. The van der Waals surface area contributed by atoms with Crippen molar-refractivity contribution in [2.45, 2.75) is 19.1 Å². The smallest absolute Gasteiger partial charge is 0.268 e. The molecular formula is C17H16BN5OS. The van der Waals surface area contributed by atoms with E-state index in [0.717, 1.165) is 54.4 Å². The maximum atomic E-state index is 10.9. The Hall–Kier alpha value is -2.66. The molecule has 0 spiro atoms. The predicted molar refractivity (Wildman–Crippen MR) is 99.3 cm³/mol. The maximum Gasteiger partial charge on any atom is 0.268 e. The minimum absolute atomic E-state index is 0.211. The van der Waals surface area contributed by atoms with Crippen molar-refractivity contribution < 1.29 is 4.79 Å². The van der Waals surface area contributed by atoms with Crippen molar-refractivity contribution in [3.8, 4) is 17.1 Å². The third-order valence-corrected chi connectivity index (χ3v) is 5.58. The Morgan fingerprint density at radius 2 is 2.44 bits per heavy atom. The van der Waals surface area contributed by atoms with Gasteiger partial charge in [-0.1, -0.05) is 19.1 Å². The van der Waals surface area contributed by atoms with Crippen molar-refractivity contribution in [2.24, 2.45) is 5.92 Å². The number of carbonyl (C=O) groups excluding carboxylic acids is 1. The molecule has 3 aromatic rings. The van der Waals surface area contributed by atoms with E-state index in [0.29, 0.717) is 10.8 Å². The van der Waals surface area contributed by atoms with Gasteiger partial charge in [-0.25, -0.2) is 14.8 Å². The normalized spacial score (nSPS) is 16.9. The van der Waals surface area contributed by atoms with Crippen LogP contribution in [0.25, 0.3) is 16.8 Å². The third-order valence-electron chi connectivity index (χ3n) is 4.72. The standard InChI is InChI=1S/C17H16BN5OS/c19-11-18-2-1-12(4-18)5-20-14-6-21-17-16(7-22-23(17)8-14)13-3-15(9-24)25-10-13/h3,6-10,12,20H,1-2,4-5H2. The lowest BCUT2D eigenvalue weighted by Crippen LogP contribution is -2.13. The van der Waals surface area contributed by atoms with E-state index in [1.165, 1.54) is 11.3 Å². The van der Waals surface area contributed by atoms with Gasteiger partial charge in [-0.2, -0.15) is 5.10 Å². The van der Waals surface area contributed by atoms with Crippen LogP contribution in [0, 0.1) is 17.1 Å². The van der Waals surface area contributed by atoms with Crippen molar-refractivity contribution >= 4 is 35.7 Å². The minimum Gasteiger partial charge on any atom is -0.382 e. The van der Waals surface area contributed by atoms with Crippen LogP contribution in [0.1, 0.15) is 16.1 Å². The molecular weight excluding hydrogens is 333 g/mol. The average Bonchev–Trinajstić information content (AvgIpc) is 3.37. The van der Waals surface area contributed by atoms with Crippen LogP contribution in [-0.4, -0.2) is 34.1 Å². The second kappa shape index (κ2) is 6.69. The highest BCUT2D eigenvalue weighted by Crippen LogP contribution is 2.29. The summed E-state index contributed by atoms with van der Waals surface area (Å²) in [5.74, 6) is 2.91. The van der Waals surface area contributed by atoms with E-state index in [-0.39, 0.29) is 6.71 Å². The summed E-state index contributed by atoms with van der Waals surface area (Å²) in [7, 11) is 0. The molecule has 0 bridgehead atoms. The van der Waals surface area contributed by atoms with E-state index in [2.05, 4.69) is 21.4 Å². The van der Waals surface area contributed by atoms with Gasteiger partial charge in [0.15, 0.2) is 11.9 Å². The van der Waals surface area contributed by atoms with Crippen LogP contribution in [0.2, 0.25) is 12.6 Å². The maximum absolute atomic E-state index is 10.9. The molecule has 1 unspecified atom stereocenters. The first-order valence-corrected chi connectivity index (χ1v) is 9.15. The van der Waals surface area contributed by atoms with Gasteiger partial charge in [0.25, 0.3) is 6.71 Å². The Morgan fingerprint density at radius 1 is 1.52 bits per heavy atom. The Balaban J connectivity index is 1.50. The summed E-state index contributed by atoms with van der Waals surface area (Å²) < 4.78 is 1.75. The van der Waals surface area contributed by atoms with Gasteiger partial charge in [0.1, 0.15) is 0 Å². The molecule has 6 nitrogen and oxygen atoms in total. The number of aldehydes is 1. The zero-order valence-corrected chi connectivity index (χ0v) is 14.4. The van der Waals surface area contributed by atoms with Gasteiger partial charge in [0.05, 0.1) is 29.2 Å². The SMILES string of the molecule is N#CB1CCC(CNc2cnc3c(-c4csc(C=O)c4)cnn3c2)C1. The zero-order chi connectivity index (χ0) is 17.2. The number of nitriles is 1. The minimum atomic E-state index is 0.211. The molecule has 1 aliphatic rings. The fourth-order valence-corrected chi connectivity index (χ4v) is 4.07. The van der Waals surface area contributed by atoms with E-state index < -0.39 is 0 Å². The first-order chi connectivity index (χ1) is 12.3. The molecule has 1 aliphatic heterocycles. The molecule has 0 aromatic carbocycles. The molecule has 3 aromatic heterocycles. The number of nitrogens with zero attached hydrogens (tertiary/aromatic N) is 4. The molecule has 25 heavy (non-hydrogen) atoms. The Bertz CT molecular complexity index is 960. The third kappa shape index (κ3) is 3.15. The van der Waals surface area contributed by atoms with Crippen LogP contribution in [0.15, 0.2) is 30.0 Å². The van der Waals surface area contributed by atoms with Gasteiger partial charge in [0.2, 0.25) is 0 Å². The Morgan fingerprint density at radius 3 is 3.20 bits per heavy atom.